The van der Waals surface area contributed by atoms with E-state index < -0.39 is 0 Å². The minimum Gasteiger partial charge on any atom is -0.304 e. The van der Waals surface area contributed by atoms with Crippen LogP contribution in [0.4, 0.5) is 0 Å². The van der Waals surface area contributed by atoms with Gasteiger partial charge in [-0.05, 0) is 85.3 Å². The molecular weight excluding hydrogens is 270 g/mol. The predicted molar refractivity (Wildman–Crippen MR) is 98.4 cm³/mol. The highest BCUT2D eigenvalue weighted by Crippen LogP contribution is 2.32. The zero-order valence-electron chi connectivity index (χ0n) is 16.0. The Morgan fingerprint density at radius 1 is 0.864 bits per heavy atom. The fourth-order valence-electron chi connectivity index (χ4n) is 4.17. The highest BCUT2D eigenvalue weighted by molar-refractivity contribution is 4.89. The van der Waals surface area contributed by atoms with E-state index in [9.17, 15) is 0 Å². The fourth-order valence-corrected chi connectivity index (χ4v) is 4.17. The third-order valence-corrected chi connectivity index (χ3v) is 5.62. The second kappa shape index (κ2) is 10.6. The van der Waals surface area contributed by atoms with Crippen molar-refractivity contribution in [3.8, 4) is 0 Å². The molecule has 1 unspecified atom stereocenters. The molecular formula is C19H41N3. The maximum atomic E-state index is 2.80. The molecule has 0 aliphatic carbocycles. The summed E-state index contributed by atoms with van der Waals surface area (Å²) in [6.07, 6.45) is 10.8. The molecule has 1 heterocycles. The van der Waals surface area contributed by atoms with Gasteiger partial charge in [0.25, 0.3) is 0 Å². The molecule has 1 rings (SSSR count). The minimum atomic E-state index is 0.304. The molecule has 1 fully saturated rings. The predicted octanol–water partition coefficient (Wildman–Crippen LogP) is 4.04. The molecule has 0 aromatic carbocycles. The van der Waals surface area contributed by atoms with E-state index in [1.807, 2.05) is 0 Å². The van der Waals surface area contributed by atoms with E-state index in [-0.39, 0.29) is 0 Å². The summed E-state index contributed by atoms with van der Waals surface area (Å²) in [4.78, 5) is 7.88. The van der Waals surface area contributed by atoms with Crippen LogP contribution in [0, 0.1) is 0 Å². The van der Waals surface area contributed by atoms with E-state index in [1.165, 1.54) is 84.1 Å². The molecule has 22 heavy (non-hydrogen) atoms. The number of piperidine rings is 1. The van der Waals surface area contributed by atoms with E-state index >= 15 is 0 Å². The molecule has 1 atom stereocenters. The van der Waals surface area contributed by atoms with Crippen molar-refractivity contribution in [3.63, 3.8) is 0 Å². The molecule has 0 aromatic heterocycles. The summed E-state index contributed by atoms with van der Waals surface area (Å²) < 4.78 is 0. The lowest BCUT2D eigenvalue weighted by Gasteiger charge is -2.50. The summed E-state index contributed by atoms with van der Waals surface area (Å²) in [5.74, 6) is 0. The molecule has 0 radical (unpaired) electrons. The van der Waals surface area contributed by atoms with Gasteiger partial charge in [0.1, 0.15) is 0 Å². The van der Waals surface area contributed by atoms with Crippen molar-refractivity contribution in [2.45, 2.75) is 77.8 Å². The monoisotopic (exact) mass is 311 g/mol. The first-order valence-corrected chi connectivity index (χ1v) is 9.75. The lowest BCUT2D eigenvalue weighted by molar-refractivity contribution is -0.0577. The van der Waals surface area contributed by atoms with E-state index in [0.29, 0.717) is 5.66 Å². The Hall–Kier alpha value is -0.120. The van der Waals surface area contributed by atoms with Crippen LogP contribution in [0.5, 0.6) is 0 Å². The van der Waals surface area contributed by atoms with E-state index in [2.05, 4.69) is 49.6 Å². The quantitative estimate of drug-likeness (QED) is 0.533. The van der Waals surface area contributed by atoms with Gasteiger partial charge in [-0.2, -0.15) is 0 Å². The lowest BCUT2D eigenvalue weighted by atomic mass is 9.91. The zero-order valence-corrected chi connectivity index (χ0v) is 16.0. The van der Waals surface area contributed by atoms with Gasteiger partial charge >= 0.3 is 0 Å². The van der Waals surface area contributed by atoms with Crippen LogP contribution in [-0.2, 0) is 0 Å². The second-order valence-corrected chi connectivity index (χ2v) is 7.16. The summed E-state index contributed by atoms with van der Waals surface area (Å²) in [7, 11) is 4.60. The molecule has 3 heteroatoms. The third kappa shape index (κ3) is 5.50. The molecule has 0 saturated carbocycles. The molecule has 1 aliphatic rings. The Bertz CT molecular complexity index is 270. The highest BCUT2D eigenvalue weighted by Gasteiger charge is 2.37. The Labute approximate surface area is 140 Å². The van der Waals surface area contributed by atoms with Crippen LogP contribution in [0.1, 0.15) is 72.1 Å². The van der Waals surface area contributed by atoms with Crippen molar-refractivity contribution in [1.82, 2.24) is 14.7 Å². The van der Waals surface area contributed by atoms with Gasteiger partial charge in [-0.15, -0.1) is 0 Å². The van der Waals surface area contributed by atoms with Gasteiger partial charge in [-0.25, -0.2) is 0 Å². The van der Waals surface area contributed by atoms with Gasteiger partial charge in [-0.1, -0.05) is 33.6 Å². The number of unbranched alkanes of at least 4 members (excludes halogenated alkanes) is 1. The first-order valence-electron chi connectivity index (χ1n) is 9.75. The first kappa shape index (κ1) is 19.9. The first-order chi connectivity index (χ1) is 10.6. The number of rotatable bonds is 11. The zero-order chi connectivity index (χ0) is 16.4. The Morgan fingerprint density at radius 2 is 1.50 bits per heavy atom. The van der Waals surface area contributed by atoms with Crippen LogP contribution in [-0.4, -0.2) is 67.2 Å². The van der Waals surface area contributed by atoms with Crippen molar-refractivity contribution in [2.24, 2.45) is 0 Å². The lowest BCUT2D eigenvalue weighted by Crippen LogP contribution is -2.59. The third-order valence-electron chi connectivity index (χ3n) is 5.62. The van der Waals surface area contributed by atoms with Gasteiger partial charge in [0.15, 0.2) is 0 Å². The molecule has 0 N–H and O–H groups in total. The summed E-state index contributed by atoms with van der Waals surface area (Å²) in [6, 6.07) is 0. The van der Waals surface area contributed by atoms with Gasteiger partial charge in [0, 0.05) is 0 Å². The Kier molecular flexibility index (Phi) is 9.62. The van der Waals surface area contributed by atoms with Crippen molar-refractivity contribution in [1.29, 1.82) is 0 Å². The molecule has 0 spiro atoms. The molecule has 1 aliphatic heterocycles. The van der Waals surface area contributed by atoms with Gasteiger partial charge in [0.05, 0.1) is 5.66 Å². The summed E-state index contributed by atoms with van der Waals surface area (Å²) in [5.41, 5.74) is 0.304. The van der Waals surface area contributed by atoms with E-state index in [4.69, 9.17) is 0 Å². The van der Waals surface area contributed by atoms with Crippen molar-refractivity contribution in [2.75, 3.05) is 46.8 Å². The molecule has 3 nitrogen and oxygen atoms in total. The molecule has 132 valence electrons. The summed E-state index contributed by atoms with van der Waals surface area (Å²) >= 11 is 0. The topological polar surface area (TPSA) is 9.72 Å². The minimum absolute atomic E-state index is 0.304. The van der Waals surface area contributed by atoms with Gasteiger partial charge < -0.3 is 4.90 Å². The normalized spacial score (nSPS) is 19.8. The SMILES string of the molecule is CCCC(CCCCN(CC)CC)(N(C)C)N1CCCCC1. The van der Waals surface area contributed by atoms with Crippen molar-refractivity contribution >= 4 is 0 Å². The van der Waals surface area contributed by atoms with Crippen molar-refractivity contribution in [3.05, 3.63) is 0 Å². The number of hydrogen-bond acceptors (Lipinski definition) is 3. The molecule has 0 bridgehead atoms. The van der Waals surface area contributed by atoms with Crippen LogP contribution in [0.25, 0.3) is 0 Å². The smallest absolute Gasteiger partial charge is 0.0732 e. The maximum absolute atomic E-state index is 2.80. The Morgan fingerprint density at radius 3 is 2.00 bits per heavy atom. The molecule has 1 saturated heterocycles. The Balaban J connectivity index is 2.60. The fraction of sp³-hybridized carbons (Fsp3) is 1.00. The van der Waals surface area contributed by atoms with Crippen LogP contribution >= 0.6 is 0 Å². The van der Waals surface area contributed by atoms with Crippen molar-refractivity contribution < 1.29 is 0 Å². The number of hydrogen-bond donors (Lipinski definition) is 0. The van der Waals surface area contributed by atoms with Gasteiger partial charge in [-0.3, -0.25) is 9.80 Å². The summed E-state index contributed by atoms with van der Waals surface area (Å²) in [5, 5.41) is 0. The van der Waals surface area contributed by atoms with Crippen LogP contribution in [0.3, 0.4) is 0 Å². The largest absolute Gasteiger partial charge is 0.304 e. The number of nitrogens with zero attached hydrogens (tertiary/aromatic N) is 3. The standard InChI is InChI=1S/C19H41N3/c1-6-14-19(20(4)5,22-17-11-9-12-18-22)15-10-13-16-21(7-2)8-3/h6-18H2,1-5H3. The van der Waals surface area contributed by atoms with E-state index in [0.717, 1.165) is 0 Å². The second-order valence-electron chi connectivity index (χ2n) is 7.16. The maximum Gasteiger partial charge on any atom is 0.0732 e. The van der Waals surface area contributed by atoms with Crippen LogP contribution in [0.2, 0.25) is 0 Å². The average Bonchev–Trinajstić information content (AvgIpc) is 2.54. The van der Waals surface area contributed by atoms with Gasteiger partial charge in [0.2, 0.25) is 0 Å². The molecule has 0 amide bonds. The van der Waals surface area contributed by atoms with Crippen LogP contribution in [0.15, 0.2) is 0 Å². The summed E-state index contributed by atoms with van der Waals surface area (Å²) in [6.45, 7) is 13.1. The number of likely N-dealkylation sites (tertiary alicyclic amines) is 1. The highest BCUT2D eigenvalue weighted by atomic mass is 15.4. The average molecular weight is 312 g/mol. The van der Waals surface area contributed by atoms with Crippen LogP contribution < -0.4 is 0 Å². The van der Waals surface area contributed by atoms with E-state index in [1.54, 1.807) is 0 Å². The molecule has 0 aromatic rings.